The van der Waals surface area contributed by atoms with Gasteiger partial charge in [-0.2, -0.15) is 0 Å². The highest BCUT2D eigenvalue weighted by atomic mass is 16.5. The molecule has 0 saturated carbocycles. The first-order chi connectivity index (χ1) is 16.0. The van der Waals surface area contributed by atoms with Crippen LogP contribution >= 0.6 is 0 Å². The number of rotatable bonds is 6. The number of cyclic esters (lactones) is 1. The Kier molecular flexibility index (Phi) is 5.50. The van der Waals surface area contributed by atoms with Crippen LogP contribution in [0.4, 0.5) is 10.5 Å². The second-order valence-electron chi connectivity index (χ2n) is 8.26. The number of urea groups is 1. The summed E-state index contributed by atoms with van der Waals surface area (Å²) in [5, 5.41) is 5.73. The monoisotopic (exact) mass is 447 g/mol. The Balaban J connectivity index is 1.39. The number of carbonyl (C=O) groups is 3. The largest absolute Gasteiger partial charge is 0.494 e. The SMILES string of the molecule is CCOc1ccccc1[C@H]1NC(=O)N(CC(=O)Nc2ccc3c(c2)CCC3)C2=C1C(=O)OC2. The summed E-state index contributed by atoms with van der Waals surface area (Å²) < 4.78 is 11.0. The summed E-state index contributed by atoms with van der Waals surface area (Å²) in [5.74, 6) is -0.271. The maximum atomic E-state index is 13.0. The molecule has 5 rings (SSSR count). The highest BCUT2D eigenvalue weighted by Gasteiger charge is 2.43. The Labute approximate surface area is 191 Å². The lowest BCUT2D eigenvalue weighted by atomic mass is 9.95. The number of amides is 3. The van der Waals surface area contributed by atoms with Gasteiger partial charge in [-0.1, -0.05) is 24.3 Å². The summed E-state index contributed by atoms with van der Waals surface area (Å²) in [4.78, 5) is 39.7. The number of aryl methyl sites for hydroxylation is 2. The van der Waals surface area contributed by atoms with Crippen LogP contribution in [0.1, 0.15) is 36.1 Å². The van der Waals surface area contributed by atoms with Gasteiger partial charge < -0.3 is 20.1 Å². The van der Waals surface area contributed by atoms with E-state index in [1.165, 1.54) is 16.0 Å². The summed E-state index contributed by atoms with van der Waals surface area (Å²) in [5.41, 5.74) is 4.67. The summed E-state index contributed by atoms with van der Waals surface area (Å²) in [6.45, 7) is 2.04. The molecule has 0 unspecified atom stereocenters. The molecule has 0 saturated heterocycles. The van der Waals surface area contributed by atoms with Gasteiger partial charge >= 0.3 is 12.0 Å². The predicted octanol–water partition coefficient (Wildman–Crippen LogP) is 3.09. The Bertz CT molecular complexity index is 1170. The number of esters is 1. The van der Waals surface area contributed by atoms with Gasteiger partial charge in [-0.25, -0.2) is 9.59 Å². The van der Waals surface area contributed by atoms with E-state index < -0.39 is 18.0 Å². The topological polar surface area (TPSA) is 97.0 Å². The van der Waals surface area contributed by atoms with Crippen molar-refractivity contribution in [3.63, 3.8) is 0 Å². The molecule has 2 aromatic carbocycles. The molecule has 0 bridgehead atoms. The average molecular weight is 447 g/mol. The molecule has 8 heteroatoms. The van der Waals surface area contributed by atoms with Crippen molar-refractivity contribution in [3.8, 4) is 5.75 Å². The number of para-hydroxylation sites is 1. The zero-order chi connectivity index (χ0) is 22.9. The van der Waals surface area contributed by atoms with Gasteiger partial charge in [0.2, 0.25) is 5.91 Å². The normalized spacial score (nSPS) is 19.1. The number of carbonyl (C=O) groups excluding carboxylic acids is 3. The molecule has 170 valence electrons. The molecule has 0 fully saturated rings. The van der Waals surface area contributed by atoms with E-state index in [0.717, 1.165) is 19.3 Å². The fraction of sp³-hybridized carbons (Fsp3) is 0.320. The Morgan fingerprint density at radius 1 is 1.18 bits per heavy atom. The molecule has 2 aromatic rings. The van der Waals surface area contributed by atoms with Crippen LogP contribution in [0.15, 0.2) is 53.7 Å². The smallest absolute Gasteiger partial charge is 0.338 e. The minimum Gasteiger partial charge on any atom is -0.494 e. The highest BCUT2D eigenvalue weighted by Crippen LogP contribution is 2.38. The van der Waals surface area contributed by atoms with Crippen molar-refractivity contribution in [1.29, 1.82) is 0 Å². The first kappa shape index (κ1) is 21.1. The number of benzene rings is 2. The van der Waals surface area contributed by atoms with Crippen molar-refractivity contribution in [2.45, 2.75) is 32.2 Å². The molecule has 0 radical (unpaired) electrons. The van der Waals surface area contributed by atoms with Crippen molar-refractivity contribution in [1.82, 2.24) is 10.2 Å². The molecule has 3 amide bonds. The van der Waals surface area contributed by atoms with E-state index >= 15 is 0 Å². The Hall–Kier alpha value is -3.81. The number of nitrogens with zero attached hydrogens (tertiary/aromatic N) is 1. The van der Waals surface area contributed by atoms with E-state index in [2.05, 4.69) is 10.6 Å². The lowest BCUT2D eigenvalue weighted by Gasteiger charge is -2.33. The van der Waals surface area contributed by atoms with Crippen molar-refractivity contribution in [2.24, 2.45) is 0 Å². The maximum Gasteiger partial charge on any atom is 0.338 e. The molecule has 2 heterocycles. The van der Waals surface area contributed by atoms with Crippen molar-refractivity contribution in [2.75, 3.05) is 25.1 Å². The number of nitrogens with one attached hydrogen (secondary N) is 2. The van der Waals surface area contributed by atoms with Gasteiger partial charge in [0.15, 0.2) is 0 Å². The first-order valence-electron chi connectivity index (χ1n) is 11.2. The van der Waals surface area contributed by atoms with Gasteiger partial charge in [0.1, 0.15) is 18.9 Å². The standard InChI is InChI=1S/C25H25N3O5/c1-2-32-20-9-4-3-8-18(20)23-22-19(14-33-24(22)30)28(25(31)27-23)13-21(29)26-17-11-10-15-6-5-7-16(15)12-17/h3-4,8-12,23H,2,5-7,13-14H2,1H3,(H,26,29)(H,27,31)/t23-/m1/s1. The molecular formula is C25H25N3O5. The maximum absolute atomic E-state index is 13.0. The van der Waals surface area contributed by atoms with Crippen molar-refractivity contribution in [3.05, 3.63) is 70.4 Å². The van der Waals surface area contributed by atoms with Crippen LogP contribution in [-0.4, -0.2) is 42.6 Å². The highest BCUT2D eigenvalue weighted by molar-refractivity contribution is 6.00. The molecule has 33 heavy (non-hydrogen) atoms. The minimum atomic E-state index is -0.707. The summed E-state index contributed by atoms with van der Waals surface area (Å²) in [6.07, 6.45) is 3.20. The molecule has 8 nitrogen and oxygen atoms in total. The molecular weight excluding hydrogens is 422 g/mol. The second kappa shape index (κ2) is 8.61. The van der Waals surface area contributed by atoms with Crippen LogP contribution in [0.3, 0.4) is 0 Å². The van der Waals surface area contributed by atoms with E-state index in [-0.39, 0.29) is 19.1 Å². The van der Waals surface area contributed by atoms with Crippen LogP contribution in [-0.2, 0) is 27.2 Å². The van der Waals surface area contributed by atoms with Gasteiger partial charge in [-0.05, 0) is 55.5 Å². The van der Waals surface area contributed by atoms with Crippen LogP contribution < -0.4 is 15.4 Å². The van der Waals surface area contributed by atoms with E-state index in [0.29, 0.717) is 34.9 Å². The van der Waals surface area contributed by atoms with Gasteiger partial charge in [-0.3, -0.25) is 9.69 Å². The number of fused-ring (bicyclic) bond motifs is 1. The lowest BCUT2D eigenvalue weighted by molar-refractivity contribution is -0.136. The van der Waals surface area contributed by atoms with Gasteiger partial charge in [0.05, 0.1) is 23.9 Å². The summed E-state index contributed by atoms with van der Waals surface area (Å²) in [6, 6.07) is 12.0. The lowest BCUT2D eigenvalue weighted by Crippen LogP contribution is -2.49. The molecule has 2 N–H and O–H groups in total. The number of hydrogen-bond donors (Lipinski definition) is 2. The second-order valence-corrected chi connectivity index (χ2v) is 8.26. The zero-order valence-corrected chi connectivity index (χ0v) is 18.3. The average Bonchev–Trinajstić information content (AvgIpc) is 3.42. The fourth-order valence-corrected chi connectivity index (χ4v) is 4.71. The minimum absolute atomic E-state index is 0.0545. The number of anilines is 1. The van der Waals surface area contributed by atoms with Gasteiger partial charge in [-0.15, -0.1) is 0 Å². The number of ether oxygens (including phenoxy) is 2. The Morgan fingerprint density at radius 3 is 2.85 bits per heavy atom. The zero-order valence-electron chi connectivity index (χ0n) is 18.3. The third-order valence-corrected chi connectivity index (χ3v) is 6.21. The van der Waals surface area contributed by atoms with E-state index in [1.54, 1.807) is 6.07 Å². The van der Waals surface area contributed by atoms with Gasteiger partial charge in [0, 0.05) is 11.3 Å². The third-order valence-electron chi connectivity index (χ3n) is 6.21. The molecule has 2 aliphatic heterocycles. The summed E-state index contributed by atoms with van der Waals surface area (Å²) >= 11 is 0. The van der Waals surface area contributed by atoms with Crippen molar-refractivity contribution < 1.29 is 23.9 Å². The predicted molar refractivity (Wildman–Crippen MR) is 121 cm³/mol. The van der Waals surface area contributed by atoms with Gasteiger partial charge in [0.25, 0.3) is 0 Å². The van der Waals surface area contributed by atoms with Crippen LogP contribution in [0.2, 0.25) is 0 Å². The molecule has 3 aliphatic rings. The van der Waals surface area contributed by atoms with E-state index in [1.807, 2.05) is 43.3 Å². The first-order valence-corrected chi connectivity index (χ1v) is 11.2. The van der Waals surface area contributed by atoms with E-state index in [4.69, 9.17) is 9.47 Å². The molecule has 1 aliphatic carbocycles. The Morgan fingerprint density at radius 2 is 2.00 bits per heavy atom. The fourth-order valence-electron chi connectivity index (χ4n) is 4.71. The van der Waals surface area contributed by atoms with Crippen LogP contribution in [0.5, 0.6) is 5.75 Å². The van der Waals surface area contributed by atoms with Crippen molar-refractivity contribution >= 4 is 23.6 Å². The molecule has 0 aromatic heterocycles. The third kappa shape index (κ3) is 3.92. The van der Waals surface area contributed by atoms with Crippen LogP contribution in [0, 0.1) is 0 Å². The van der Waals surface area contributed by atoms with Crippen LogP contribution in [0.25, 0.3) is 0 Å². The molecule has 1 atom stereocenters. The molecule has 0 spiro atoms. The number of hydrogen-bond acceptors (Lipinski definition) is 5. The summed E-state index contributed by atoms with van der Waals surface area (Å²) in [7, 11) is 0. The van der Waals surface area contributed by atoms with E-state index in [9.17, 15) is 14.4 Å². The quantitative estimate of drug-likeness (QED) is 0.664.